The summed E-state index contributed by atoms with van der Waals surface area (Å²) in [6.07, 6.45) is 3.02. The van der Waals surface area contributed by atoms with Crippen molar-refractivity contribution in [3.05, 3.63) is 29.8 Å². The molecule has 1 atom stereocenters. The molecule has 0 saturated heterocycles. The lowest BCUT2D eigenvalue weighted by Crippen LogP contribution is -2.30. The predicted molar refractivity (Wildman–Crippen MR) is 82.4 cm³/mol. The third-order valence-electron chi connectivity index (χ3n) is 1.91. The number of benzene rings is 1. The van der Waals surface area contributed by atoms with Crippen LogP contribution in [-0.4, -0.2) is 16.9 Å². The van der Waals surface area contributed by atoms with E-state index in [0.29, 0.717) is 6.42 Å². The molecule has 1 unspecified atom stereocenters. The van der Waals surface area contributed by atoms with E-state index in [1.54, 1.807) is 24.3 Å². The van der Waals surface area contributed by atoms with Crippen LogP contribution < -0.4 is 5.73 Å². The van der Waals surface area contributed by atoms with Crippen LogP contribution in [0.15, 0.2) is 24.3 Å². The van der Waals surface area contributed by atoms with E-state index in [-0.39, 0.29) is 11.5 Å². The van der Waals surface area contributed by atoms with E-state index in [1.165, 1.54) is 19.8 Å². The molecule has 0 aliphatic carbocycles. The highest BCUT2D eigenvalue weighted by atomic mass is 16.3. The number of hydrogen-bond donors (Lipinski definition) is 2. The monoisotopic (exact) mass is 267 g/mol. The van der Waals surface area contributed by atoms with E-state index in [2.05, 4.69) is 27.7 Å². The number of nitrogens with two attached hydrogens (primary N) is 1. The largest absolute Gasteiger partial charge is 0.508 e. The smallest absolute Gasteiger partial charge is 0.146 e. The van der Waals surface area contributed by atoms with E-state index in [9.17, 15) is 4.79 Å². The molecule has 1 rings (SSSR count). The Balaban J connectivity index is 0. The number of hydrogen-bond acceptors (Lipinski definition) is 3. The van der Waals surface area contributed by atoms with E-state index < -0.39 is 6.04 Å². The number of carbonyl (C=O) groups excluding carboxylic acids is 1. The summed E-state index contributed by atoms with van der Waals surface area (Å²) >= 11 is 0. The minimum absolute atomic E-state index is 0.0203. The Morgan fingerprint density at radius 3 is 1.79 bits per heavy atom. The second-order valence-electron chi connectivity index (χ2n) is 4.50. The Kier molecular flexibility index (Phi) is 13.8. The molecule has 1 aromatic carbocycles. The van der Waals surface area contributed by atoms with Gasteiger partial charge in [0.05, 0.1) is 6.04 Å². The van der Waals surface area contributed by atoms with Crippen molar-refractivity contribution in [3.8, 4) is 5.75 Å². The minimum Gasteiger partial charge on any atom is -0.508 e. The fraction of sp³-hybridized carbons (Fsp3) is 0.562. The molecule has 3 N–H and O–H groups in total. The number of Topliss-reactive ketones (excluding diaryl/α,β-unsaturated/α-hetero) is 1. The van der Waals surface area contributed by atoms with E-state index in [4.69, 9.17) is 10.8 Å². The van der Waals surface area contributed by atoms with E-state index in [0.717, 1.165) is 5.56 Å². The van der Waals surface area contributed by atoms with Crippen LogP contribution in [0.1, 0.15) is 53.0 Å². The second-order valence-corrected chi connectivity index (χ2v) is 4.50. The topological polar surface area (TPSA) is 63.3 Å². The molecule has 0 aliphatic rings. The maximum Gasteiger partial charge on any atom is 0.146 e. The lowest BCUT2D eigenvalue weighted by Gasteiger charge is -2.07. The fourth-order valence-corrected chi connectivity index (χ4v) is 1.03. The van der Waals surface area contributed by atoms with Crippen molar-refractivity contribution in [2.75, 3.05) is 0 Å². The molecule has 0 bridgehead atoms. The minimum atomic E-state index is -0.440. The lowest BCUT2D eigenvalue weighted by atomic mass is 10.0. The summed E-state index contributed by atoms with van der Waals surface area (Å²) in [6, 6.07) is 6.25. The van der Waals surface area contributed by atoms with Gasteiger partial charge in [0.2, 0.25) is 0 Å². The van der Waals surface area contributed by atoms with Gasteiger partial charge in [-0.1, -0.05) is 52.7 Å². The maximum atomic E-state index is 10.8. The molecule has 0 aromatic heterocycles. The van der Waals surface area contributed by atoms with Gasteiger partial charge in [-0.05, 0) is 31.0 Å². The van der Waals surface area contributed by atoms with Crippen LogP contribution in [-0.2, 0) is 11.2 Å². The molecule has 0 aliphatic heterocycles. The molecular formula is C16H29NO2. The first-order valence-electron chi connectivity index (χ1n) is 6.96. The summed E-state index contributed by atoms with van der Waals surface area (Å²) in [5.74, 6) is 0.202. The zero-order valence-corrected chi connectivity index (χ0v) is 12.9. The normalized spacial score (nSPS) is 10.4. The highest BCUT2D eigenvalue weighted by molar-refractivity contribution is 5.81. The Hall–Kier alpha value is -1.35. The Morgan fingerprint density at radius 2 is 1.47 bits per heavy atom. The predicted octanol–water partition coefficient (Wildman–Crippen LogP) is 3.68. The van der Waals surface area contributed by atoms with Gasteiger partial charge in [-0.2, -0.15) is 0 Å². The molecule has 3 heteroatoms. The van der Waals surface area contributed by atoms with Crippen molar-refractivity contribution >= 4 is 5.78 Å². The van der Waals surface area contributed by atoms with Crippen LogP contribution >= 0.6 is 0 Å². The number of aromatic hydroxyl groups is 1. The first kappa shape index (κ1) is 20.0. The van der Waals surface area contributed by atoms with Crippen molar-refractivity contribution < 1.29 is 9.90 Å². The zero-order chi connectivity index (χ0) is 15.3. The van der Waals surface area contributed by atoms with E-state index >= 15 is 0 Å². The highest BCUT2D eigenvalue weighted by Gasteiger charge is 2.08. The van der Waals surface area contributed by atoms with Gasteiger partial charge in [0, 0.05) is 0 Å². The van der Waals surface area contributed by atoms with Gasteiger partial charge < -0.3 is 10.8 Å². The first-order chi connectivity index (χ1) is 8.92. The van der Waals surface area contributed by atoms with Crippen molar-refractivity contribution in [1.29, 1.82) is 0 Å². The fourth-order valence-electron chi connectivity index (χ4n) is 1.03. The van der Waals surface area contributed by atoms with Crippen LogP contribution in [0.4, 0.5) is 0 Å². The average Bonchev–Trinajstić information content (AvgIpc) is 2.34. The summed E-state index contributed by atoms with van der Waals surface area (Å²) < 4.78 is 0. The molecule has 110 valence electrons. The van der Waals surface area contributed by atoms with Crippen LogP contribution in [0.2, 0.25) is 0 Å². The van der Waals surface area contributed by atoms with Crippen molar-refractivity contribution in [2.24, 2.45) is 5.73 Å². The Labute approximate surface area is 117 Å². The number of ketones is 1. The molecule has 0 heterocycles. The molecule has 1 aromatic rings. The van der Waals surface area contributed by atoms with Crippen LogP contribution in [0, 0.1) is 0 Å². The van der Waals surface area contributed by atoms with Gasteiger partial charge >= 0.3 is 0 Å². The maximum absolute atomic E-state index is 10.8. The summed E-state index contributed by atoms with van der Waals surface area (Å²) in [7, 11) is 0. The number of phenolic OH excluding ortho intramolecular Hbond substituents is 1. The van der Waals surface area contributed by atoms with Crippen molar-refractivity contribution in [1.82, 2.24) is 0 Å². The third kappa shape index (κ3) is 12.9. The molecule has 0 spiro atoms. The lowest BCUT2D eigenvalue weighted by molar-refractivity contribution is -0.118. The highest BCUT2D eigenvalue weighted by Crippen LogP contribution is 2.10. The third-order valence-corrected chi connectivity index (χ3v) is 1.91. The van der Waals surface area contributed by atoms with Gasteiger partial charge in [-0.15, -0.1) is 0 Å². The number of phenols is 1. The standard InChI is InChI=1S/C10H13NO2.2C3H8/c1-7(12)10(11)6-8-2-4-9(13)5-3-8;2*1-3-2/h2-5,10,13H,6,11H2,1H3;2*3H2,1-2H3. The van der Waals surface area contributed by atoms with Crippen LogP contribution in [0.5, 0.6) is 5.75 Å². The summed E-state index contributed by atoms with van der Waals surface area (Å²) in [6.45, 7) is 9.98. The van der Waals surface area contributed by atoms with Gasteiger partial charge in [0.1, 0.15) is 11.5 Å². The zero-order valence-electron chi connectivity index (χ0n) is 12.9. The SMILES string of the molecule is CC(=O)C(N)Cc1ccc(O)cc1.CCC.CCC. The molecule has 0 fully saturated rings. The Morgan fingerprint density at radius 1 is 1.11 bits per heavy atom. The molecule has 19 heavy (non-hydrogen) atoms. The average molecular weight is 267 g/mol. The quantitative estimate of drug-likeness (QED) is 0.878. The second kappa shape index (κ2) is 13.1. The van der Waals surface area contributed by atoms with Gasteiger partial charge in [0.25, 0.3) is 0 Å². The van der Waals surface area contributed by atoms with Crippen molar-refractivity contribution in [3.63, 3.8) is 0 Å². The summed E-state index contributed by atoms with van der Waals surface area (Å²) in [4.78, 5) is 10.8. The molecule has 0 radical (unpaired) electrons. The Bertz CT molecular complexity index is 318. The first-order valence-corrected chi connectivity index (χ1v) is 6.96. The van der Waals surface area contributed by atoms with Gasteiger partial charge in [-0.3, -0.25) is 4.79 Å². The number of rotatable bonds is 3. The summed E-state index contributed by atoms with van der Waals surface area (Å²) in [5.41, 5.74) is 6.53. The van der Waals surface area contributed by atoms with Crippen LogP contribution in [0.3, 0.4) is 0 Å². The number of carbonyl (C=O) groups is 1. The molecule has 0 saturated carbocycles. The van der Waals surface area contributed by atoms with E-state index in [1.807, 2.05) is 0 Å². The summed E-state index contributed by atoms with van der Waals surface area (Å²) in [5, 5.41) is 9.00. The van der Waals surface area contributed by atoms with Gasteiger partial charge in [-0.25, -0.2) is 0 Å². The van der Waals surface area contributed by atoms with Crippen molar-refractivity contribution in [2.45, 2.75) is 59.9 Å². The molecule has 0 amide bonds. The van der Waals surface area contributed by atoms with Gasteiger partial charge in [0.15, 0.2) is 0 Å². The van der Waals surface area contributed by atoms with Crippen LogP contribution in [0.25, 0.3) is 0 Å². The molecule has 3 nitrogen and oxygen atoms in total. The molecular weight excluding hydrogens is 238 g/mol.